The van der Waals surface area contributed by atoms with Gasteiger partial charge in [-0.1, -0.05) is 13.3 Å². The molecule has 0 saturated carbocycles. The largest absolute Gasteiger partial charge is 0.323 e. The highest BCUT2D eigenvalue weighted by Gasteiger charge is 2.42. The highest BCUT2D eigenvalue weighted by atomic mass is 16.2. The topological polar surface area (TPSA) is 35.6 Å². The van der Waals surface area contributed by atoms with E-state index in [1.165, 1.54) is 32.1 Å². The predicted octanol–water partition coefficient (Wildman–Crippen LogP) is 1.17. The Labute approximate surface area is 110 Å². The summed E-state index contributed by atoms with van der Waals surface area (Å²) in [5.74, 6) is 0.314. The molecule has 0 aliphatic carbocycles. The maximum absolute atomic E-state index is 12.1. The van der Waals surface area contributed by atoms with Gasteiger partial charge in [0.15, 0.2) is 0 Å². The summed E-state index contributed by atoms with van der Waals surface area (Å²) in [5.41, 5.74) is 0. The first-order chi connectivity index (χ1) is 8.70. The average Bonchev–Trinajstić information content (AvgIpc) is 2.70. The van der Waals surface area contributed by atoms with Gasteiger partial charge in [0, 0.05) is 18.1 Å². The lowest BCUT2D eigenvalue weighted by Crippen LogP contribution is -2.57. The number of carbonyl (C=O) groups excluding carboxylic acids is 1. The Hall–Kier alpha value is -0.610. The van der Waals surface area contributed by atoms with E-state index in [2.05, 4.69) is 29.1 Å². The molecule has 4 nitrogen and oxygen atoms in total. The smallest absolute Gasteiger partial charge is 0.238 e. The maximum Gasteiger partial charge on any atom is 0.238 e. The number of carbonyl (C=O) groups is 1. The summed E-state index contributed by atoms with van der Waals surface area (Å²) in [6.45, 7) is 2.71. The van der Waals surface area contributed by atoms with Crippen LogP contribution in [0.3, 0.4) is 0 Å². The summed E-state index contributed by atoms with van der Waals surface area (Å²) in [7, 11) is 2.27. The lowest BCUT2D eigenvalue weighted by atomic mass is 9.81. The molecule has 3 aliphatic rings. The summed E-state index contributed by atoms with van der Waals surface area (Å²) in [4.78, 5) is 16.8. The van der Waals surface area contributed by atoms with E-state index in [4.69, 9.17) is 0 Å². The third kappa shape index (κ3) is 1.95. The Kier molecular flexibility index (Phi) is 3.32. The highest BCUT2D eigenvalue weighted by Crippen LogP contribution is 2.35. The van der Waals surface area contributed by atoms with Crippen molar-refractivity contribution in [1.29, 1.82) is 0 Å². The van der Waals surface area contributed by atoms with E-state index >= 15 is 0 Å². The summed E-state index contributed by atoms with van der Waals surface area (Å²) >= 11 is 0. The molecular weight excluding hydrogens is 226 g/mol. The SMILES string of the molecule is CCC1NCC(=O)N1C1CC2CCCC(C1)N2C. The van der Waals surface area contributed by atoms with Gasteiger partial charge in [0.2, 0.25) is 5.91 Å². The van der Waals surface area contributed by atoms with Crippen molar-refractivity contribution in [3.8, 4) is 0 Å². The number of fused-ring (bicyclic) bond motifs is 2. The van der Waals surface area contributed by atoms with Gasteiger partial charge < -0.3 is 9.80 Å². The van der Waals surface area contributed by atoms with Crippen molar-refractivity contribution in [2.45, 2.75) is 69.7 Å². The van der Waals surface area contributed by atoms with Gasteiger partial charge in [-0.15, -0.1) is 0 Å². The molecule has 0 spiro atoms. The second-order valence-corrected chi connectivity index (χ2v) is 6.14. The van der Waals surface area contributed by atoms with E-state index in [1.54, 1.807) is 0 Å². The fourth-order valence-electron chi connectivity index (χ4n) is 4.18. The molecule has 3 rings (SSSR count). The van der Waals surface area contributed by atoms with E-state index < -0.39 is 0 Å². The van der Waals surface area contributed by atoms with E-state index in [0.29, 0.717) is 30.6 Å². The molecule has 3 heterocycles. The van der Waals surface area contributed by atoms with Crippen molar-refractivity contribution in [3.63, 3.8) is 0 Å². The van der Waals surface area contributed by atoms with Gasteiger partial charge in [-0.3, -0.25) is 10.1 Å². The molecule has 0 aromatic heterocycles. The minimum absolute atomic E-state index is 0.284. The van der Waals surface area contributed by atoms with Gasteiger partial charge in [-0.25, -0.2) is 0 Å². The number of nitrogens with zero attached hydrogens (tertiary/aromatic N) is 2. The zero-order valence-electron chi connectivity index (χ0n) is 11.6. The van der Waals surface area contributed by atoms with Crippen LogP contribution in [0.5, 0.6) is 0 Å². The van der Waals surface area contributed by atoms with Gasteiger partial charge in [0.05, 0.1) is 12.7 Å². The van der Waals surface area contributed by atoms with Crippen LogP contribution in [-0.4, -0.2) is 53.6 Å². The number of nitrogens with one attached hydrogen (secondary N) is 1. The van der Waals surface area contributed by atoms with Crippen molar-refractivity contribution in [1.82, 2.24) is 15.1 Å². The molecule has 3 fully saturated rings. The lowest BCUT2D eigenvalue weighted by Gasteiger charge is -2.49. The molecule has 3 saturated heterocycles. The van der Waals surface area contributed by atoms with Gasteiger partial charge >= 0.3 is 0 Å². The summed E-state index contributed by atoms with van der Waals surface area (Å²) < 4.78 is 0. The van der Waals surface area contributed by atoms with E-state index in [-0.39, 0.29) is 6.17 Å². The standard InChI is InChI=1S/C14H25N3O/c1-3-13-15-9-14(18)17(13)12-7-10-5-4-6-11(8-12)16(10)2/h10-13,15H,3-9H2,1-2H3. The number of piperidine rings is 2. The van der Waals surface area contributed by atoms with Crippen LogP contribution in [0.4, 0.5) is 0 Å². The Bertz CT molecular complexity index is 319. The summed E-state index contributed by atoms with van der Waals surface area (Å²) in [5, 5.41) is 3.34. The molecule has 4 heteroatoms. The molecule has 3 aliphatic heterocycles. The Morgan fingerprint density at radius 1 is 1.22 bits per heavy atom. The maximum atomic E-state index is 12.1. The van der Waals surface area contributed by atoms with Crippen LogP contribution < -0.4 is 5.32 Å². The van der Waals surface area contributed by atoms with E-state index in [9.17, 15) is 4.79 Å². The molecule has 18 heavy (non-hydrogen) atoms. The molecule has 3 atom stereocenters. The normalized spacial score (nSPS) is 41.4. The van der Waals surface area contributed by atoms with Crippen LogP contribution in [-0.2, 0) is 4.79 Å². The third-order valence-electron chi connectivity index (χ3n) is 5.21. The van der Waals surface area contributed by atoms with E-state index in [1.807, 2.05) is 0 Å². The fraction of sp³-hybridized carbons (Fsp3) is 0.929. The number of hydrogen-bond donors (Lipinski definition) is 1. The number of hydrogen-bond acceptors (Lipinski definition) is 3. The molecule has 1 amide bonds. The molecule has 0 aromatic carbocycles. The minimum atomic E-state index is 0.284. The molecule has 1 N–H and O–H groups in total. The molecule has 0 radical (unpaired) electrons. The molecular formula is C14H25N3O. The van der Waals surface area contributed by atoms with Gasteiger partial charge in [-0.2, -0.15) is 0 Å². The van der Waals surface area contributed by atoms with Crippen LogP contribution >= 0.6 is 0 Å². The Morgan fingerprint density at radius 3 is 2.50 bits per heavy atom. The summed E-state index contributed by atoms with van der Waals surface area (Å²) in [6, 6.07) is 1.88. The van der Waals surface area contributed by atoms with E-state index in [0.717, 1.165) is 6.42 Å². The molecule has 3 unspecified atom stereocenters. The van der Waals surface area contributed by atoms with Gasteiger partial charge in [0.25, 0.3) is 0 Å². The second-order valence-electron chi connectivity index (χ2n) is 6.14. The lowest BCUT2D eigenvalue weighted by molar-refractivity contribution is -0.132. The fourth-order valence-corrected chi connectivity index (χ4v) is 4.18. The first kappa shape index (κ1) is 12.4. The van der Waals surface area contributed by atoms with Crippen LogP contribution in [0.15, 0.2) is 0 Å². The second kappa shape index (κ2) is 4.82. The average molecular weight is 251 g/mol. The van der Waals surface area contributed by atoms with Gasteiger partial charge in [-0.05, 0) is 39.2 Å². The van der Waals surface area contributed by atoms with Crippen molar-refractivity contribution in [2.24, 2.45) is 0 Å². The molecule has 0 aromatic rings. The van der Waals surface area contributed by atoms with Crippen LogP contribution in [0, 0.1) is 0 Å². The summed E-state index contributed by atoms with van der Waals surface area (Å²) in [6.07, 6.45) is 7.66. The van der Waals surface area contributed by atoms with Crippen molar-refractivity contribution in [2.75, 3.05) is 13.6 Å². The third-order valence-corrected chi connectivity index (χ3v) is 5.21. The Balaban J connectivity index is 1.75. The van der Waals surface area contributed by atoms with Gasteiger partial charge in [0.1, 0.15) is 0 Å². The number of amides is 1. The first-order valence-electron chi connectivity index (χ1n) is 7.47. The zero-order chi connectivity index (χ0) is 12.7. The zero-order valence-corrected chi connectivity index (χ0v) is 11.6. The van der Waals surface area contributed by atoms with Crippen molar-refractivity contribution >= 4 is 5.91 Å². The first-order valence-corrected chi connectivity index (χ1v) is 7.47. The number of rotatable bonds is 2. The predicted molar refractivity (Wildman–Crippen MR) is 71.1 cm³/mol. The van der Waals surface area contributed by atoms with Crippen molar-refractivity contribution < 1.29 is 4.79 Å². The van der Waals surface area contributed by atoms with Crippen LogP contribution in [0.1, 0.15) is 45.4 Å². The Morgan fingerprint density at radius 2 is 1.89 bits per heavy atom. The van der Waals surface area contributed by atoms with Crippen LogP contribution in [0.25, 0.3) is 0 Å². The highest BCUT2D eigenvalue weighted by molar-refractivity contribution is 5.81. The van der Waals surface area contributed by atoms with Crippen LogP contribution in [0.2, 0.25) is 0 Å². The monoisotopic (exact) mass is 251 g/mol. The molecule has 2 bridgehead atoms. The quantitative estimate of drug-likeness (QED) is 0.800. The van der Waals surface area contributed by atoms with Crippen molar-refractivity contribution in [3.05, 3.63) is 0 Å². The molecule has 102 valence electrons. The minimum Gasteiger partial charge on any atom is -0.323 e.